The van der Waals surface area contributed by atoms with E-state index in [1.54, 1.807) is 0 Å². The van der Waals surface area contributed by atoms with Crippen molar-refractivity contribution in [1.82, 2.24) is 9.71 Å². The first-order valence-electron chi connectivity index (χ1n) is 6.97. The molecule has 0 aliphatic heterocycles. The molecule has 1 N–H and O–H groups in total. The molecule has 2 aromatic rings. The normalized spacial score (nSPS) is 12.2. The molecule has 1 aromatic carbocycles. The third kappa shape index (κ3) is 5.68. The van der Waals surface area contributed by atoms with Gasteiger partial charge in [-0.2, -0.15) is 13.2 Å². The van der Waals surface area contributed by atoms with Crippen LogP contribution in [0.2, 0.25) is 0 Å². The molecule has 0 saturated heterocycles. The largest absolute Gasteiger partial charge is 0.468 e. The monoisotopic (exact) mass is 378 g/mol. The average molecular weight is 378 g/mol. The Morgan fingerprint density at radius 2 is 1.92 bits per heavy atom. The Hall–Kier alpha value is -2.20. The van der Waals surface area contributed by atoms with Crippen LogP contribution >= 0.6 is 0 Å². The molecule has 2 rings (SSSR count). The van der Waals surface area contributed by atoms with Crippen molar-refractivity contribution in [2.45, 2.75) is 24.5 Å². The van der Waals surface area contributed by atoms with Gasteiger partial charge in [-0.3, -0.25) is 0 Å². The van der Waals surface area contributed by atoms with Gasteiger partial charge in [-0.15, -0.1) is 0 Å². The molecule has 5 nitrogen and oxygen atoms in total. The molecule has 0 fully saturated rings. The highest BCUT2D eigenvalue weighted by Crippen LogP contribution is 2.19. The molecule has 136 valence electrons. The van der Waals surface area contributed by atoms with Gasteiger partial charge in [-0.05, 0) is 42.3 Å². The van der Waals surface area contributed by atoms with Crippen LogP contribution in [0.25, 0.3) is 0 Å². The van der Waals surface area contributed by atoms with E-state index in [4.69, 9.17) is 0 Å². The second-order valence-electron chi connectivity index (χ2n) is 5.14. The van der Waals surface area contributed by atoms with E-state index in [-0.39, 0.29) is 22.9 Å². The van der Waals surface area contributed by atoms with Crippen molar-refractivity contribution in [2.75, 3.05) is 6.61 Å². The van der Waals surface area contributed by atoms with Gasteiger partial charge < -0.3 is 4.74 Å². The summed E-state index contributed by atoms with van der Waals surface area (Å²) in [5, 5.41) is 0. The molecule has 25 heavy (non-hydrogen) atoms. The summed E-state index contributed by atoms with van der Waals surface area (Å²) < 4.78 is 80.8. The molecule has 1 heterocycles. The first-order chi connectivity index (χ1) is 11.6. The maximum atomic E-state index is 13.1. The Bertz CT molecular complexity index is 854. The number of halogens is 4. The van der Waals surface area contributed by atoms with Crippen molar-refractivity contribution in [1.29, 1.82) is 0 Å². The Morgan fingerprint density at radius 3 is 2.56 bits per heavy atom. The fraction of sp³-hybridized carbons (Fsp3) is 0.267. The predicted molar refractivity (Wildman–Crippen MR) is 80.9 cm³/mol. The van der Waals surface area contributed by atoms with Crippen molar-refractivity contribution in [3.05, 3.63) is 53.5 Å². The molecule has 0 amide bonds. The molecule has 0 radical (unpaired) electrons. The topological polar surface area (TPSA) is 68.3 Å². The third-order valence-corrected chi connectivity index (χ3v) is 4.64. The first-order valence-corrected chi connectivity index (χ1v) is 8.45. The van der Waals surface area contributed by atoms with Gasteiger partial charge in [0, 0.05) is 18.8 Å². The molecule has 0 aliphatic carbocycles. The van der Waals surface area contributed by atoms with E-state index in [9.17, 15) is 26.0 Å². The van der Waals surface area contributed by atoms with Crippen LogP contribution in [-0.2, 0) is 16.6 Å². The molecule has 0 aliphatic rings. The van der Waals surface area contributed by atoms with E-state index in [2.05, 4.69) is 14.4 Å². The predicted octanol–water partition coefficient (Wildman–Crippen LogP) is 2.95. The van der Waals surface area contributed by atoms with Gasteiger partial charge in [0.05, 0.1) is 4.90 Å². The molecule has 0 unspecified atom stereocenters. The quantitative estimate of drug-likeness (QED) is 0.785. The number of hydrogen-bond donors (Lipinski definition) is 1. The van der Waals surface area contributed by atoms with E-state index < -0.39 is 28.6 Å². The highest BCUT2D eigenvalue weighted by molar-refractivity contribution is 7.89. The summed E-state index contributed by atoms with van der Waals surface area (Å²) in [6, 6.07) is 5.88. The van der Waals surface area contributed by atoms with E-state index in [0.717, 1.165) is 18.2 Å². The fourth-order valence-electron chi connectivity index (χ4n) is 1.97. The number of pyridine rings is 1. The van der Waals surface area contributed by atoms with Crippen molar-refractivity contribution in [3.8, 4) is 5.88 Å². The van der Waals surface area contributed by atoms with Crippen molar-refractivity contribution in [2.24, 2.45) is 0 Å². The van der Waals surface area contributed by atoms with Crippen molar-refractivity contribution >= 4 is 10.0 Å². The van der Waals surface area contributed by atoms with Crippen molar-refractivity contribution in [3.63, 3.8) is 0 Å². The summed E-state index contributed by atoms with van der Waals surface area (Å²) in [7, 11) is -3.91. The van der Waals surface area contributed by atoms with Gasteiger partial charge in [0.25, 0.3) is 0 Å². The number of hydrogen-bond acceptors (Lipinski definition) is 4. The SMILES string of the molecule is Cc1cc(F)ccc1S(=O)(=O)NCc1ccnc(OCC(F)(F)F)c1. The zero-order valence-corrected chi connectivity index (χ0v) is 13.8. The highest BCUT2D eigenvalue weighted by Gasteiger charge is 2.28. The highest BCUT2D eigenvalue weighted by atomic mass is 32.2. The zero-order chi connectivity index (χ0) is 18.7. The standard InChI is InChI=1S/C15H14F4N2O3S/c1-10-6-12(16)2-3-13(10)25(22,23)21-8-11-4-5-20-14(7-11)24-9-15(17,18)19/h2-7,21H,8-9H2,1H3. The van der Waals surface area contributed by atoms with Gasteiger partial charge in [0.1, 0.15) is 5.82 Å². The first kappa shape index (κ1) is 19.1. The van der Waals surface area contributed by atoms with E-state index in [0.29, 0.717) is 5.56 Å². The van der Waals surface area contributed by atoms with E-state index >= 15 is 0 Å². The molecular weight excluding hydrogens is 364 g/mol. The summed E-state index contributed by atoms with van der Waals surface area (Å²) >= 11 is 0. The summed E-state index contributed by atoms with van der Waals surface area (Å²) in [5.74, 6) is -0.830. The number of aromatic nitrogens is 1. The number of nitrogens with one attached hydrogen (secondary N) is 1. The minimum Gasteiger partial charge on any atom is -0.468 e. The average Bonchev–Trinajstić information content (AvgIpc) is 2.50. The van der Waals surface area contributed by atoms with Crippen LogP contribution in [0.5, 0.6) is 5.88 Å². The number of alkyl halides is 3. The van der Waals surface area contributed by atoms with Crippen LogP contribution in [0, 0.1) is 12.7 Å². The summed E-state index contributed by atoms with van der Waals surface area (Å²) in [5.41, 5.74) is 0.590. The minimum absolute atomic E-state index is 0.0866. The summed E-state index contributed by atoms with van der Waals surface area (Å²) in [6.45, 7) is -0.235. The van der Waals surface area contributed by atoms with Crippen LogP contribution in [0.4, 0.5) is 17.6 Å². The van der Waals surface area contributed by atoms with Gasteiger partial charge in [0.2, 0.25) is 15.9 Å². The smallest absolute Gasteiger partial charge is 0.422 e. The minimum atomic E-state index is -4.50. The molecular formula is C15H14F4N2O3S. The number of ether oxygens (including phenoxy) is 1. The zero-order valence-electron chi connectivity index (χ0n) is 13.0. The summed E-state index contributed by atoms with van der Waals surface area (Å²) in [4.78, 5) is 3.54. The van der Waals surface area contributed by atoms with Crippen LogP contribution < -0.4 is 9.46 Å². The molecule has 0 saturated carbocycles. The second-order valence-corrected chi connectivity index (χ2v) is 6.88. The van der Waals surface area contributed by atoms with Crippen LogP contribution in [0.15, 0.2) is 41.4 Å². The Kier molecular flexibility index (Phi) is 5.63. The van der Waals surface area contributed by atoms with Gasteiger partial charge >= 0.3 is 6.18 Å². The lowest BCUT2D eigenvalue weighted by Gasteiger charge is -2.11. The molecule has 0 spiro atoms. The number of nitrogens with zero attached hydrogens (tertiary/aromatic N) is 1. The Balaban J connectivity index is 2.07. The fourth-order valence-corrected chi connectivity index (χ4v) is 3.21. The number of sulfonamides is 1. The maximum absolute atomic E-state index is 13.1. The summed E-state index contributed by atoms with van der Waals surface area (Å²) in [6.07, 6.45) is -3.29. The molecule has 1 aromatic heterocycles. The number of rotatable bonds is 6. The van der Waals surface area contributed by atoms with Crippen LogP contribution in [-0.4, -0.2) is 26.2 Å². The maximum Gasteiger partial charge on any atom is 0.422 e. The molecule has 0 bridgehead atoms. The molecule has 10 heteroatoms. The van der Waals surface area contributed by atoms with Gasteiger partial charge in [-0.25, -0.2) is 22.5 Å². The van der Waals surface area contributed by atoms with E-state index in [1.807, 2.05) is 0 Å². The lowest BCUT2D eigenvalue weighted by molar-refractivity contribution is -0.154. The van der Waals surface area contributed by atoms with Gasteiger partial charge in [-0.1, -0.05) is 0 Å². The van der Waals surface area contributed by atoms with Gasteiger partial charge in [0.15, 0.2) is 6.61 Å². The Morgan fingerprint density at radius 1 is 1.20 bits per heavy atom. The Labute approximate surface area is 141 Å². The second kappa shape index (κ2) is 7.36. The van der Waals surface area contributed by atoms with E-state index in [1.165, 1.54) is 25.3 Å². The molecule has 0 atom stereocenters. The van der Waals surface area contributed by atoms with Crippen molar-refractivity contribution < 1.29 is 30.7 Å². The number of benzene rings is 1. The lowest BCUT2D eigenvalue weighted by Crippen LogP contribution is -2.24. The third-order valence-electron chi connectivity index (χ3n) is 3.08. The number of aryl methyl sites for hydroxylation is 1. The van der Waals surface area contributed by atoms with Crippen LogP contribution in [0.3, 0.4) is 0 Å². The van der Waals surface area contributed by atoms with Crippen LogP contribution in [0.1, 0.15) is 11.1 Å². The lowest BCUT2D eigenvalue weighted by atomic mass is 10.2.